The maximum atomic E-state index is 12.1. The van der Waals surface area contributed by atoms with Crippen LogP contribution >= 0.6 is 0 Å². The Kier molecular flexibility index (Phi) is 9.18. The van der Waals surface area contributed by atoms with Gasteiger partial charge in [-0.25, -0.2) is 9.97 Å². The lowest BCUT2D eigenvalue weighted by molar-refractivity contribution is -0.133. The molecule has 0 saturated heterocycles. The van der Waals surface area contributed by atoms with Gasteiger partial charge in [0.15, 0.2) is 0 Å². The molecule has 3 atom stereocenters. The van der Waals surface area contributed by atoms with Crippen LogP contribution in [0.4, 0.5) is 5.82 Å². The first-order valence-electron chi connectivity index (χ1n) is 11.7. The highest BCUT2D eigenvalue weighted by Crippen LogP contribution is 2.27. The van der Waals surface area contributed by atoms with Crippen LogP contribution in [0.2, 0.25) is 0 Å². The normalized spacial score (nSPS) is 13.8. The fraction of sp³-hybridized carbons (Fsp3) is 0.423. The number of aliphatic hydroxyl groups is 2. The van der Waals surface area contributed by atoms with Crippen molar-refractivity contribution in [3.05, 3.63) is 60.4 Å². The Hall–Kier alpha value is -3.23. The summed E-state index contributed by atoms with van der Waals surface area (Å²) in [6.45, 7) is 7.05. The Morgan fingerprint density at radius 3 is 2.50 bits per heavy atom. The molecule has 34 heavy (non-hydrogen) atoms. The van der Waals surface area contributed by atoms with Gasteiger partial charge in [0.1, 0.15) is 24.5 Å². The second kappa shape index (κ2) is 12.3. The molecule has 0 aliphatic rings. The fourth-order valence-electron chi connectivity index (χ4n) is 3.84. The molecule has 1 heterocycles. The number of benzene rings is 2. The van der Waals surface area contributed by atoms with Gasteiger partial charge in [-0.05, 0) is 44.5 Å². The molecule has 0 bridgehead atoms. The number of hydrogen-bond acceptors (Lipinski definition) is 7. The van der Waals surface area contributed by atoms with Crippen LogP contribution in [0.5, 0.6) is 5.75 Å². The van der Waals surface area contributed by atoms with Crippen LogP contribution < -0.4 is 10.1 Å². The smallest absolute Gasteiger partial charge is 0.225 e. The van der Waals surface area contributed by atoms with Crippen molar-refractivity contribution < 1.29 is 19.7 Å². The third kappa shape index (κ3) is 6.88. The topological polar surface area (TPSA) is 108 Å². The first kappa shape index (κ1) is 25.4. The molecular formula is C26H34N4O4. The van der Waals surface area contributed by atoms with E-state index < -0.39 is 12.2 Å². The van der Waals surface area contributed by atoms with E-state index in [9.17, 15) is 15.0 Å². The summed E-state index contributed by atoms with van der Waals surface area (Å²) in [7, 11) is 0. The fourth-order valence-corrected chi connectivity index (χ4v) is 3.84. The molecule has 3 unspecified atom stereocenters. The average Bonchev–Trinajstić information content (AvgIpc) is 2.84. The lowest BCUT2D eigenvalue weighted by Crippen LogP contribution is -2.34. The molecular weight excluding hydrogens is 432 g/mol. The van der Waals surface area contributed by atoms with E-state index in [0.717, 1.165) is 16.5 Å². The van der Waals surface area contributed by atoms with E-state index in [-0.39, 0.29) is 31.4 Å². The second-order valence-electron chi connectivity index (χ2n) is 8.30. The number of rotatable bonds is 12. The number of fused-ring (bicyclic) bond motifs is 1. The van der Waals surface area contributed by atoms with E-state index >= 15 is 0 Å². The van der Waals surface area contributed by atoms with Crippen molar-refractivity contribution in [2.24, 2.45) is 0 Å². The van der Waals surface area contributed by atoms with Crippen molar-refractivity contribution >= 4 is 22.6 Å². The van der Waals surface area contributed by atoms with Crippen LogP contribution in [0.15, 0.2) is 54.9 Å². The summed E-state index contributed by atoms with van der Waals surface area (Å²) < 4.78 is 5.78. The lowest BCUT2D eigenvalue weighted by Gasteiger charge is -2.21. The highest BCUT2D eigenvalue weighted by atomic mass is 16.5. The molecule has 0 radical (unpaired) electrons. The molecule has 8 nitrogen and oxygen atoms in total. The molecule has 182 valence electrons. The Balaban J connectivity index is 1.61. The van der Waals surface area contributed by atoms with Gasteiger partial charge >= 0.3 is 0 Å². The molecule has 1 amide bonds. The number of nitrogens with zero attached hydrogens (tertiary/aromatic N) is 3. The molecule has 0 aliphatic carbocycles. The largest absolute Gasteiger partial charge is 0.491 e. The summed E-state index contributed by atoms with van der Waals surface area (Å²) in [6.07, 6.45) is -0.260. The highest BCUT2D eigenvalue weighted by molar-refractivity contribution is 5.90. The monoisotopic (exact) mass is 466 g/mol. The van der Waals surface area contributed by atoms with Gasteiger partial charge < -0.3 is 25.2 Å². The second-order valence-corrected chi connectivity index (χ2v) is 8.30. The summed E-state index contributed by atoms with van der Waals surface area (Å²) in [5, 5.41) is 24.7. The quantitative estimate of drug-likeness (QED) is 0.375. The van der Waals surface area contributed by atoms with E-state index in [1.165, 1.54) is 6.33 Å². The average molecular weight is 467 g/mol. The number of hydrogen-bond donors (Lipinski definition) is 3. The van der Waals surface area contributed by atoms with E-state index in [2.05, 4.69) is 34.3 Å². The summed E-state index contributed by atoms with van der Waals surface area (Å²) in [5.41, 5.74) is 1.92. The summed E-state index contributed by atoms with van der Waals surface area (Å²) >= 11 is 0. The van der Waals surface area contributed by atoms with Gasteiger partial charge in [-0.3, -0.25) is 4.79 Å². The number of aliphatic hydroxyl groups excluding tert-OH is 2. The molecule has 0 spiro atoms. The zero-order valence-electron chi connectivity index (χ0n) is 20.0. The van der Waals surface area contributed by atoms with Gasteiger partial charge in [0.2, 0.25) is 5.91 Å². The standard InChI is InChI=1S/C26H34N4O4/c1-4-30(5-2)25(33)14-20(31)13-21(32)16-34-22-11-12-24-23(15-22)26(28-17-27-24)29-18(3)19-9-7-6-8-10-19/h6-12,15,17-18,20-21,31-32H,4-5,13-14,16H2,1-3H3,(H,27,28,29). The number of nitrogens with one attached hydrogen (secondary N) is 1. The van der Waals surface area contributed by atoms with Gasteiger partial charge in [-0.15, -0.1) is 0 Å². The SMILES string of the molecule is CCN(CC)C(=O)CC(O)CC(O)COc1ccc2ncnc(NC(C)c3ccccc3)c2c1. The third-order valence-electron chi connectivity index (χ3n) is 5.77. The highest BCUT2D eigenvalue weighted by Gasteiger charge is 2.19. The summed E-state index contributed by atoms with van der Waals surface area (Å²) in [4.78, 5) is 22.5. The number of carbonyl (C=O) groups is 1. The summed E-state index contributed by atoms with van der Waals surface area (Å²) in [5.74, 6) is 1.13. The van der Waals surface area contributed by atoms with Crippen molar-refractivity contribution in [1.29, 1.82) is 0 Å². The van der Waals surface area contributed by atoms with Crippen LogP contribution in [0.3, 0.4) is 0 Å². The molecule has 2 aromatic carbocycles. The molecule has 3 aromatic rings. The van der Waals surface area contributed by atoms with E-state index in [4.69, 9.17) is 4.74 Å². The predicted octanol–water partition coefficient (Wildman–Crippen LogP) is 3.55. The van der Waals surface area contributed by atoms with Gasteiger partial charge in [-0.1, -0.05) is 30.3 Å². The maximum Gasteiger partial charge on any atom is 0.225 e. The van der Waals surface area contributed by atoms with E-state index in [1.807, 2.05) is 44.2 Å². The zero-order chi connectivity index (χ0) is 24.5. The predicted molar refractivity (Wildman–Crippen MR) is 133 cm³/mol. The Bertz CT molecular complexity index is 1060. The zero-order valence-corrected chi connectivity index (χ0v) is 20.0. The molecule has 0 saturated carbocycles. The van der Waals surface area contributed by atoms with Crippen LogP contribution in [0.25, 0.3) is 10.9 Å². The van der Waals surface area contributed by atoms with Crippen LogP contribution in [-0.4, -0.2) is 62.9 Å². The van der Waals surface area contributed by atoms with Crippen LogP contribution in [0.1, 0.15) is 45.2 Å². The number of anilines is 1. The number of amides is 1. The minimum Gasteiger partial charge on any atom is -0.491 e. The van der Waals surface area contributed by atoms with Crippen molar-refractivity contribution in [3.63, 3.8) is 0 Å². The van der Waals surface area contributed by atoms with Crippen molar-refractivity contribution in [2.75, 3.05) is 25.0 Å². The maximum absolute atomic E-state index is 12.1. The first-order chi connectivity index (χ1) is 16.4. The van der Waals surface area contributed by atoms with Gasteiger partial charge in [0.05, 0.1) is 24.1 Å². The Morgan fingerprint density at radius 2 is 1.79 bits per heavy atom. The molecule has 0 fully saturated rings. The van der Waals surface area contributed by atoms with Crippen molar-refractivity contribution in [1.82, 2.24) is 14.9 Å². The third-order valence-corrected chi connectivity index (χ3v) is 5.77. The van der Waals surface area contributed by atoms with Gasteiger partial charge in [-0.2, -0.15) is 0 Å². The number of carbonyl (C=O) groups excluding carboxylic acids is 1. The minimum absolute atomic E-state index is 0.00109. The van der Waals surface area contributed by atoms with E-state index in [1.54, 1.807) is 11.0 Å². The van der Waals surface area contributed by atoms with Crippen molar-refractivity contribution in [3.8, 4) is 5.75 Å². The van der Waals surface area contributed by atoms with E-state index in [0.29, 0.717) is 24.7 Å². The Labute approximate surface area is 200 Å². The number of aromatic nitrogens is 2. The van der Waals surface area contributed by atoms with Gasteiger partial charge in [0, 0.05) is 30.9 Å². The molecule has 1 aromatic heterocycles. The minimum atomic E-state index is -0.924. The Morgan fingerprint density at radius 1 is 1.06 bits per heavy atom. The first-order valence-corrected chi connectivity index (χ1v) is 11.7. The van der Waals surface area contributed by atoms with Gasteiger partial charge in [0.25, 0.3) is 0 Å². The number of ether oxygens (including phenoxy) is 1. The lowest BCUT2D eigenvalue weighted by atomic mass is 10.1. The molecule has 3 N–H and O–H groups in total. The molecule has 3 rings (SSSR count). The molecule has 0 aliphatic heterocycles. The molecule has 8 heteroatoms. The van der Waals surface area contributed by atoms with Crippen molar-refractivity contribution in [2.45, 2.75) is 51.9 Å². The van der Waals surface area contributed by atoms with Crippen LogP contribution in [-0.2, 0) is 4.79 Å². The van der Waals surface area contributed by atoms with Crippen LogP contribution in [0, 0.1) is 0 Å². The summed E-state index contributed by atoms with van der Waals surface area (Å²) in [6, 6.07) is 15.6.